The van der Waals surface area contributed by atoms with Gasteiger partial charge in [-0.05, 0) is 24.2 Å². The molecule has 0 radical (unpaired) electrons. The van der Waals surface area contributed by atoms with Gasteiger partial charge in [0.2, 0.25) is 0 Å². The zero-order chi connectivity index (χ0) is 15.1. The molecule has 3 N–H and O–H groups in total. The quantitative estimate of drug-likeness (QED) is 0.701. The van der Waals surface area contributed by atoms with Crippen molar-refractivity contribution in [3.05, 3.63) is 0 Å². The average Bonchev–Trinajstić information content (AvgIpc) is 2.42. The Morgan fingerprint density at radius 2 is 1.95 bits per heavy atom. The maximum Gasteiger partial charge on any atom is 0.326 e. The van der Waals surface area contributed by atoms with E-state index in [1.165, 1.54) is 19.3 Å². The van der Waals surface area contributed by atoms with Crippen molar-refractivity contribution >= 4 is 12.0 Å². The molecule has 0 saturated heterocycles. The first-order valence-electron chi connectivity index (χ1n) is 7.72. The number of amides is 2. The van der Waals surface area contributed by atoms with Gasteiger partial charge in [0.15, 0.2) is 0 Å². The number of urea groups is 1. The highest BCUT2D eigenvalue weighted by atomic mass is 16.4. The lowest BCUT2D eigenvalue weighted by Gasteiger charge is -2.29. The number of hydrogen-bond donors (Lipinski definition) is 3. The third-order valence-corrected chi connectivity index (χ3v) is 4.58. The minimum atomic E-state index is -0.972. The number of nitrogens with one attached hydrogen (secondary N) is 2. The number of carbonyl (C=O) groups is 2. The Morgan fingerprint density at radius 1 is 1.30 bits per heavy atom. The molecular weight excluding hydrogens is 256 g/mol. The molecule has 1 aliphatic rings. The van der Waals surface area contributed by atoms with E-state index in [0.29, 0.717) is 18.4 Å². The number of aliphatic carboxylic acids is 1. The Bertz CT molecular complexity index is 333. The lowest BCUT2D eigenvalue weighted by atomic mass is 9.80. The van der Waals surface area contributed by atoms with Crippen molar-refractivity contribution in [3.8, 4) is 0 Å². The van der Waals surface area contributed by atoms with Crippen LogP contribution in [0, 0.1) is 17.8 Å². The van der Waals surface area contributed by atoms with Crippen molar-refractivity contribution < 1.29 is 14.7 Å². The highest BCUT2D eigenvalue weighted by molar-refractivity contribution is 5.82. The fraction of sp³-hybridized carbons (Fsp3) is 0.867. The highest BCUT2D eigenvalue weighted by Gasteiger charge is 2.26. The van der Waals surface area contributed by atoms with Crippen LogP contribution in [0.2, 0.25) is 0 Å². The summed E-state index contributed by atoms with van der Waals surface area (Å²) >= 11 is 0. The molecule has 1 rings (SSSR count). The first kappa shape index (κ1) is 16.8. The minimum Gasteiger partial charge on any atom is -0.480 e. The van der Waals surface area contributed by atoms with Crippen LogP contribution in [-0.2, 0) is 4.79 Å². The Morgan fingerprint density at radius 3 is 2.50 bits per heavy atom. The van der Waals surface area contributed by atoms with Gasteiger partial charge in [0.05, 0.1) is 0 Å². The molecule has 1 aliphatic carbocycles. The van der Waals surface area contributed by atoms with Crippen molar-refractivity contribution in [2.75, 3.05) is 6.54 Å². The van der Waals surface area contributed by atoms with E-state index < -0.39 is 12.0 Å². The SMILES string of the molecule is CCC(C)C(NC(=O)NCC1CCCCC1C)C(=O)O. The normalized spacial score (nSPS) is 25.6. The summed E-state index contributed by atoms with van der Waals surface area (Å²) in [7, 11) is 0. The molecule has 2 amide bonds. The molecule has 4 atom stereocenters. The topological polar surface area (TPSA) is 78.4 Å². The smallest absolute Gasteiger partial charge is 0.326 e. The number of carboxylic acid groups (broad SMARTS) is 1. The van der Waals surface area contributed by atoms with Gasteiger partial charge in [0.25, 0.3) is 0 Å². The molecule has 4 unspecified atom stereocenters. The first-order valence-corrected chi connectivity index (χ1v) is 7.72. The van der Waals surface area contributed by atoms with Crippen LogP contribution in [0.5, 0.6) is 0 Å². The number of carboxylic acids is 1. The summed E-state index contributed by atoms with van der Waals surface area (Å²) in [6.45, 7) is 6.62. The molecular formula is C15H28N2O3. The van der Waals surface area contributed by atoms with Gasteiger partial charge in [0.1, 0.15) is 6.04 Å². The van der Waals surface area contributed by atoms with Crippen LogP contribution in [0.1, 0.15) is 52.9 Å². The van der Waals surface area contributed by atoms with E-state index in [4.69, 9.17) is 5.11 Å². The third kappa shape index (κ3) is 5.02. The second-order valence-corrected chi connectivity index (χ2v) is 6.08. The van der Waals surface area contributed by atoms with Crippen LogP contribution in [0.15, 0.2) is 0 Å². The standard InChI is InChI=1S/C15H28N2O3/c1-4-10(2)13(14(18)19)17-15(20)16-9-12-8-6-5-7-11(12)3/h10-13H,4-9H2,1-3H3,(H,18,19)(H2,16,17,20). The summed E-state index contributed by atoms with van der Waals surface area (Å²) in [6, 6.07) is -1.18. The van der Waals surface area contributed by atoms with E-state index in [0.717, 1.165) is 12.8 Å². The predicted octanol–water partition coefficient (Wildman–Crippen LogP) is 2.61. The lowest BCUT2D eigenvalue weighted by Crippen LogP contribution is -2.50. The molecule has 0 aromatic heterocycles. The van der Waals surface area contributed by atoms with Gasteiger partial charge >= 0.3 is 12.0 Å². The first-order chi connectivity index (χ1) is 9.45. The molecule has 0 aromatic carbocycles. The van der Waals surface area contributed by atoms with E-state index in [1.54, 1.807) is 0 Å². The van der Waals surface area contributed by atoms with Crippen LogP contribution in [0.25, 0.3) is 0 Å². The van der Waals surface area contributed by atoms with Crippen LogP contribution in [0.4, 0.5) is 4.79 Å². The van der Waals surface area contributed by atoms with E-state index in [9.17, 15) is 9.59 Å². The molecule has 0 heterocycles. The van der Waals surface area contributed by atoms with Crippen molar-refractivity contribution in [2.24, 2.45) is 17.8 Å². The molecule has 0 aliphatic heterocycles. The number of carbonyl (C=O) groups excluding carboxylic acids is 1. The lowest BCUT2D eigenvalue weighted by molar-refractivity contribution is -0.140. The van der Waals surface area contributed by atoms with Crippen molar-refractivity contribution in [2.45, 2.75) is 58.9 Å². The van der Waals surface area contributed by atoms with E-state index in [1.807, 2.05) is 13.8 Å². The number of hydrogen-bond acceptors (Lipinski definition) is 2. The van der Waals surface area contributed by atoms with Gasteiger partial charge < -0.3 is 15.7 Å². The van der Waals surface area contributed by atoms with Gasteiger partial charge in [-0.2, -0.15) is 0 Å². The van der Waals surface area contributed by atoms with Crippen LogP contribution in [-0.4, -0.2) is 29.7 Å². The summed E-state index contributed by atoms with van der Waals surface area (Å²) in [6.07, 6.45) is 5.59. The number of rotatable bonds is 6. The highest BCUT2D eigenvalue weighted by Crippen LogP contribution is 2.28. The van der Waals surface area contributed by atoms with Crippen LogP contribution in [0.3, 0.4) is 0 Å². The molecule has 0 spiro atoms. The van der Waals surface area contributed by atoms with Gasteiger partial charge in [-0.3, -0.25) is 0 Å². The second-order valence-electron chi connectivity index (χ2n) is 6.08. The maximum atomic E-state index is 11.8. The molecule has 1 fully saturated rings. The van der Waals surface area contributed by atoms with Crippen molar-refractivity contribution in [1.29, 1.82) is 0 Å². The molecule has 1 saturated carbocycles. The fourth-order valence-corrected chi connectivity index (χ4v) is 2.80. The monoisotopic (exact) mass is 284 g/mol. The molecule has 0 bridgehead atoms. The van der Waals surface area contributed by atoms with Crippen LogP contribution >= 0.6 is 0 Å². The molecule has 5 nitrogen and oxygen atoms in total. The Balaban J connectivity index is 2.39. The van der Waals surface area contributed by atoms with Gasteiger partial charge in [-0.1, -0.05) is 46.5 Å². The van der Waals surface area contributed by atoms with Gasteiger partial charge in [-0.15, -0.1) is 0 Å². The summed E-state index contributed by atoms with van der Waals surface area (Å²) in [5.74, 6) is 0.0997. The zero-order valence-electron chi connectivity index (χ0n) is 12.8. The molecule has 20 heavy (non-hydrogen) atoms. The third-order valence-electron chi connectivity index (χ3n) is 4.58. The molecule has 5 heteroatoms. The van der Waals surface area contributed by atoms with Crippen LogP contribution < -0.4 is 10.6 Å². The van der Waals surface area contributed by atoms with Crippen molar-refractivity contribution in [3.63, 3.8) is 0 Å². The predicted molar refractivity (Wildman–Crippen MR) is 78.5 cm³/mol. The summed E-state index contributed by atoms with van der Waals surface area (Å²) in [5.41, 5.74) is 0. The average molecular weight is 284 g/mol. The maximum absolute atomic E-state index is 11.8. The van der Waals surface area contributed by atoms with E-state index >= 15 is 0 Å². The van der Waals surface area contributed by atoms with Gasteiger partial charge in [0, 0.05) is 6.54 Å². The Hall–Kier alpha value is -1.26. The van der Waals surface area contributed by atoms with E-state index in [-0.39, 0.29) is 11.9 Å². The summed E-state index contributed by atoms with van der Waals surface area (Å²) in [5, 5.41) is 14.5. The van der Waals surface area contributed by atoms with Crippen molar-refractivity contribution in [1.82, 2.24) is 10.6 Å². The van der Waals surface area contributed by atoms with Gasteiger partial charge in [-0.25, -0.2) is 9.59 Å². The summed E-state index contributed by atoms with van der Waals surface area (Å²) in [4.78, 5) is 23.0. The minimum absolute atomic E-state index is 0.0770. The molecule has 116 valence electrons. The zero-order valence-corrected chi connectivity index (χ0v) is 12.8. The Labute approximate surface area is 121 Å². The van der Waals surface area contributed by atoms with E-state index in [2.05, 4.69) is 17.6 Å². The second kappa shape index (κ2) is 8.12. The molecule has 0 aromatic rings. The Kier molecular flexibility index (Phi) is 6.82. The largest absolute Gasteiger partial charge is 0.480 e. The summed E-state index contributed by atoms with van der Waals surface area (Å²) < 4.78 is 0. The fourth-order valence-electron chi connectivity index (χ4n) is 2.80.